The van der Waals surface area contributed by atoms with Crippen molar-refractivity contribution in [3.63, 3.8) is 0 Å². The molecule has 2 atom stereocenters. The third-order valence-corrected chi connectivity index (χ3v) is 7.70. The number of hydrogen-bond acceptors (Lipinski definition) is 4. The molecule has 3 rings (SSSR count). The molecule has 2 aliphatic rings. The molecule has 1 aliphatic carbocycles. The Morgan fingerprint density at radius 1 is 1.25 bits per heavy atom. The summed E-state index contributed by atoms with van der Waals surface area (Å²) in [5.41, 5.74) is 1.81. The first-order valence-corrected chi connectivity index (χ1v) is 13.1. The van der Waals surface area contributed by atoms with Crippen molar-refractivity contribution < 1.29 is 18.4 Å². The molecule has 0 radical (unpaired) electrons. The molecule has 32 heavy (non-hydrogen) atoms. The summed E-state index contributed by atoms with van der Waals surface area (Å²) in [4.78, 5) is 27.1. The van der Waals surface area contributed by atoms with E-state index in [0.717, 1.165) is 73.1 Å². The highest BCUT2D eigenvalue weighted by Crippen LogP contribution is 2.35. The second-order valence-corrected chi connectivity index (χ2v) is 10.2. The Hall–Kier alpha value is -1.47. The standard InChI is InChI=1S/C25H36F2N2O2S/c1-2-9-20(18-30)29-17-22-21(24(29)31)10-8-11-23(22)32-15-7-5-3-4-6-14-28-19-12-13-25(26,27)16-19/h8,10-11,18-20,28H,2-7,9,12-17H2,1H3. The van der Waals surface area contributed by atoms with Crippen LogP contribution >= 0.6 is 11.8 Å². The van der Waals surface area contributed by atoms with Crippen molar-refractivity contribution in [3.05, 3.63) is 29.3 Å². The number of amides is 1. The molecule has 7 heteroatoms. The SMILES string of the molecule is CCCC(C=O)N1Cc2c(SCCCCCCCNC3CCC(F)(F)C3)cccc2C1=O. The Morgan fingerprint density at radius 3 is 2.75 bits per heavy atom. The molecule has 2 unspecified atom stereocenters. The predicted octanol–water partition coefficient (Wildman–Crippen LogP) is 5.83. The molecule has 1 saturated carbocycles. The molecule has 1 heterocycles. The molecule has 1 amide bonds. The maximum atomic E-state index is 13.2. The largest absolute Gasteiger partial charge is 0.324 e. The quantitative estimate of drug-likeness (QED) is 0.213. The molecule has 0 saturated heterocycles. The van der Waals surface area contributed by atoms with E-state index in [0.29, 0.717) is 19.4 Å². The van der Waals surface area contributed by atoms with E-state index in [1.54, 1.807) is 16.7 Å². The van der Waals surface area contributed by atoms with Crippen LogP contribution in [0, 0.1) is 0 Å². The van der Waals surface area contributed by atoms with Gasteiger partial charge in [0.2, 0.25) is 5.92 Å². The van der Waals surface area contributed by atoms with Crippen molar-refractivity contribution in [2.24, 2.45) is 0 Å². The first-order valence-electron chi connectivity index (χ1n) is 12.1. The number of halogens is 2. The Morgan fingerprint density at radius 2 is 2.03 bits per heavy atom. The van der Waals surface area contributed by atoms with Gasteiger partial charge in [0, 0.05) is 35.9 Å². The van der Waals surface area contributed by atoms with E-state index >= 15 is 0 Å². The van der Waals surface area contributed by atoms with Crippen molar-refractivity contribution in [3.8, 4) is 0 Å². The van der Waals surface area contributed by atoms with Gasteiger partial charge in [-0.1, -0.05) is 38.7 Å². The number of unbranched alkanes of at least 4 members (excludes halogenated alkanes) is 4. The summed E-state index contributed by atoms with van der Waals surface area (Å²) in [5.74, 6) is -1.49. The Balaban J connectivity index is 1.32. The van der Waals surface area contributed by atoms with Gasteiger partial charge in [0.05, 0.1) is 6.04 Å². The van der Waals surface area contributed by atoms with Crippen LogP contribution in [0.25, 0.3) is 0 Å². The number of alkyl halides is 2. The molecule has 0 bridgehead atoms. The van der Waals surface area contributed by atoms with Gasteiger partial charge in [-0.05, 0) is 55.7 Å². The minimum absolute atomic E-state index is 0.00876. The van der Waals surface area contributed by atoms with Gasteiger partial charge in [-0.25, -0.2) is 8.78 Å². The first kappa shape index (κ1) is 25.2. The average molecular weight is 467 g/mol. The Kier molecular flexibility index (Phi) is 9.53. The van der Waals surface area contributed by atoms with Crippen LogP contribution in [0.5, 0.6) is 0 Å². The van der Waals surface area contributed by atoms with E-state index in [-0.39, 0.29) is 30.8 Å². The highest BCUT2D eigenvalue weighted by molar-refractivity contribution is 7.99. The zero-order chi connectivity index (χ0) is 23.0. The third kappa shape index (κ3) is 6.77. The summed E-state index contributed by atoms with van der Waals surface area (Å²) in [6, 6.07) is 5.54. The Labute approximate surface area is 194 Å². The van der Waals surface area contributed by atoms with Crippen LogP contribution in [0.15, 0.2) is 23.1 Å². The van der Waals surface area contributed by atoms with Gasteiger partial charge in [-0.2, -0.15) is 0 Å². The van der Waals surface area contributed by atoms with Gasteiger partial charge < -0.3 is 15.0 Å². The lowest BCUT2D eigenvalue weighted by atomic mass is 10.1. The number of fused-ring (bicyclic) bond motifs is 1. The highest BCUT2D eigenvalue weighted by atomic mass is 32.2. The summed E-state index contributed by atoms with van der Waals surface area (Å²) in [7, 11) is 0. The molecule has 0 spiro atoms. The highest BCUT2D eigenvalue weighted by Gasteiger charge is 2.39. The normalized spacial score (nSPS) is 20.5. The number of nitrogens with zero attached hydrogens (tertiary/aromatic N) is 1. The van der Waals surface area contributed by atoms with Crippen LogP contribution in [0.2, 0.25) is 0 Å². The van der Waals surface area contributed by atoms with Gasteiger partial charge in [0.1, 0.15) is 6.29 Å². The summed E-state index contributed by atoms with van der Waals surface area (Å²) >= 11 is 1.80. The number of thioether (sulfide) groups is 1. The number of carbonyl (C=O) groups is 2. The maximum absolute atomic E-state index is 13.2. The molecular formula is C25H36F2N2O2S. The smallest absolute Gasteiger partial charge is 0.255 e. The minimum Gasteiger partial charge on any atom is -0.324 e. The summed E-state index contributed by atoms with van der Waals surface area (Å²) in [6.07, 6.45) is 8.65. The Bertz CT molecular complexity index is 774. The van der Waals surface area contributed by atoms with Crippen molar-refractivity contribution in [1.29, 1.82) is 0 Å². The van der Waals surface area contributed by atoms with Gasteiger partial charge >= 0.3 is 0 Å². The van der Waals surface area contributed by atoms with E-state index in [9.17, 15) is 18.4 Å². The van der Waals surface area contributed by atoms with Crippen LogP contribution in [0.4, 0.5) is 8.78 Å². The fourth-order valence-electron chi connectivity index (χ4n) is 4.69. The summed E-state index contributed by atoms with van der Waals surface area (Å²) < 4.78 is 26.4. The summed E-state index contributed by atoms with van der Waals surface area (Å²) in [6.45, 7) is 3.38. The summed E-state index contributed by atoms with van der Waals surface area (Å²) in [5, 5.41) is 3.27. The van der Waals surface area contributed by atoms with Crippen LogP contribution in [-0.4, -0.2) is 47.4 Å². The number of rotatable bonds is 14. The predicted molar refractivity (Wildman–Crippen MR) is 125 cm³/mol. The molecule has 1 aromatic rings. The van der Waals surface area contributed by atoms with E-state index in [1.807, 2.05) is 19.1 Å². The number of hydrogen-bond donors (Lipinski definition) is 1. The average Bonchev–Trinajstić information content (AvgIpc) is 3.30. The topological polar surface area (TPSA) is 49.4 Å². The molecule has 178 valence electrons. The fraction of sp³-hybridized carbons (Fsp3) is 0.680. The molecule has 0 aromatic heterocycles. The van der Waals surface area contributed by atoms with Gasteiger partial charge in [0.15, 0.2) is 0 Å². The molecular weight excluding hydrogens is 430 g/mol. The molecule has 1 aliphatic heterocycles. The second-order valence-electron chi connectivity index (χ2n) is 9.07. The zero-order valence-electron chi connectivity index (χ0n) is 19.1. The van der Waals surface area contributed by atoms with E-state index in [4.69, 9.17) is 0 Å². The molecule has 4 nitrogen and oxygen atoms in total. The van der Waals surface area contributed by atoms with Gasteiger partial charge in [0.25, 0.3) is 5.91 Å². The van der Waals surface area contributed by atoms with Crippen molar-refractivity contribution >= 4 is 24.0 Å². The van der Waals surface area contributed by atoms with E-state index in [1.165, 1.54) is 0 Å². The number of nitrogens with one attached hydrogen (secondary N) is 1. The number of carbonyl (C=O) groups excluding carboxylic acids is 2. The zero-order valence-corrected chi connectivity index (χ0v) is 19.9. The van der Waals surface area contributed by atoms with Crippen LogP contribution < -0.4 is 5.32 Å². The van der Waals surface area contributed by atoms with Crippen molar-refractivity contribution in [2.45, 2.75) is 101 Å². The van der Waals surface area contributed by atoms with Crippen molar-refractivity contribution in [2.75, 3.05) is 12.3 Å². The van der Waals surface area contributed by atoms with Crippen LogP contribution in [0.1, 0.15) is 87.1 Å². The number of aldehydes is 1. The maximum Gasteiger partial charge on any atom is 0.255 e. The van der Waals surface area contributed by atoms with Crippen LogP contribution in [0.3, 0.4) is 0 Å². The lowest BCUT2D eigenvalue weighted by molar-refractivity contribution is -0.112. The van der Waals surface area contributed by atoms with E-state index in [2.05, 4.69) is 11.4 Å². The minimum atomic E-state index is -2.47. The van der Waals surface area contributed by atoms with Crippen LogP contribution in [-0.2, 0) is 11.3 Å². The van der Waals surface area contributed by atoms with Gasteiger partial charge in [-0.3, -0.25) is 4.79 Å². The lowest BCUT2D eigenvalue weighted by Crippen LogP contribution is -2.36. The van der Waals surface area contributed by atoms with Gasteiger partial charge in [-0.15, -0.1) is 11.8 Å². The monoisotopic (exact) mass is 466 g/mol. The molecule has 1 aromatic carbocycles. The van der Waals surface area contributed by atoms with Crippen molar-refractivity contribution in [1.82, 2.24) is 10.2 Å². The lowest BCUT2D eigenvalue weighted by Gasteiger charge is -2.22. The van der Waals surface area contributed by atoms with E-state index < -0.39 is 5.92 Å². The number of benzene rings is 1. The molecule has 1 N–H and O–H groups in total. The molecule has 1 fully saturated rings. The second kappa shape index (κ2) is 12.1. The first-order chi connectivity index (χ1) is 15.4. The fourth-order valence-corrected chi connectivity index (χ4v) is 5.78. The third-order valence-electron chi connectivity index (χ3n) is 6.51.